The van der Waals surface area contributed by atoms with Crippen LogP contribution in [0.5, 0.6) is 0 Å². The summed E-state index contributed by atoms with van der Waals surface area (Å²) in [6, 6.07) is 0.707. The molecule has 0 spiro atoms. The Morgan fingerprint density at radius 2 is 2.24 bits per heavy atom. The van der Waals surface area contributed by atoms with E-state index in [4.69, 9.17) is 0 Å². The number of aromatic amines is 1. The molecule has 0 radical (unpaired) electrons. The van der Waals surface area contributed by atoms with E-state index < -0.39 is 0 Å². The number of nitrogens with one attached hydrogen (secondary N) is 2. The van der Waals surface area contributed by atoms with Gasteiger partial charge in [0.05, 0.1) is 5.69 Å². The summed E-state index contributed by atoms with van der Waals surface area (Å²) in [7, 11) is 0. The lowest BCUT2D eigenvalue weighted by Gasteiger charge is -2.10. The molecule has 2 N–H and O–H groups in total. The van der Waals surface area contributed by atoms with Crippen LogP contribution in [0.1, 0.15) is 42.6 Å². The summed E-state index contributed by atoms with van der Waals surface area (Å²) in [6.45, 7) is 0.955. The molecule has 0 amide bonds. The SMILES string of the molecule is C1CCc2[nH]nc(CN[C@H]3CCSC3)c2CC1. The van der Waals surface area contributed by atoms with Crippen LogP contribution in [0.25, 0.3) is 0 Å². The number of hydrogen-bond acceptors (Lipinski definition) is 3. The van der Waals surface area contributed by atoms with Gasteiger partial charge < -0.3 is 5.32 Å². The Balaban J connectivity index is 1.64. The van der Waals surface area contributed by atoms with Crippen LogP contribution in [0.15, 0.2) is 0 Å². The van der Waals surface area contributed by atoms with Gasteiger partial charge in [-0.2, -0.15) is 16.9 Å². The lowest BCUT2D eigenvalue weighted by molar-refractivity contribution is 0.548. The number of H-pyrrole nitrogens is 1. The van der Waals surface area contributed by atoms with Crippen molar-refractivity contribution in [2.24, 2.45) is 0 Å². The molecule has 0 bridgehead atoms. The fourth-order valence-corrected chi connectivity index (χ4v) is 4.00. The molecule has 17 heavy (non-hydrogen) atoms. The first-order chi connectivity index (χ1) is 8.43. The first kappa shape index (κ1) is 11.6. The summed E-state index contributed by atoms with van der Waals surface area (Å²) >= 11 is 2.06. The Morgan fingerprint density at radius 3 is 3.12 bits per heavy atom. The van der Waals surface area contributed by atoms with Gasteiger partial charge in [0.15, 0.2) is 0 Å². The summed E-state index contributed by atoms with van der Waals surface area (Å²) in [5, 5.41) is 11.4. The molecular weight excluding hydrogens is 230 g/mol. The third-order valence-corrected chi connectivity index (χ3v) is 5.04. The third-order valence-electron chi connectivity index (χ3n) is 3.88. The van der Waals surface area contributed by atoms with Crippen LogP contribution in [-0.2, 0) is 19.4 Å². The number of thioether (sulfide) groups is 1. The molecule has 2 heterocycles. The molecular formula is C13H21N3S. The first-order valence-corrected chi connectivity index (χ1v) is 7.95. The standard InChI is InChI=1S/C13H21N3S/c1-2-4-11-12(5-3-1)15-16-13(11)8-14-10-6-7-17-9-10/h10,14H,1-9H2,(H,15,16)/t10-/m0/s1. The highest BCUT2D eigenvalue weighted by Crippen LogP contribution is 2.22. The zero-order valence-electron chi connectivity index (χ0n) is 10.3. The maximum absolute atomic E-state index is 4.51. The summed E-state index contributed by atoms with van der Waals surface area (Å²) < 4.78 is 0. The summed E-state index contributed by atoms with van der Waals surface area (Å²) in [5.74, 6) is 2.59. The fourth-order valence-electron chi connectivity index (χ4n) is 2.81. The van der Waals surface area contributed by atoms with Crippen molar-refractivity contribution >= 4 is 11.8 Å². The van der Waals surface area contributed by atoms with E-state index in [0.717, 1.165) is 6.54 Å². The minimum atomic E-state index is 0.707. The molecule has 2 aliphatic rings. The van der Waals surface area contributed by atoms with Gasteiger partial charge in [-0.15, -0.1) is 0 Å². The molecule has 1 aliphatic carbocycles. The minimum Gasteiger partial charge on any atom is -0.307 e. The molecule has 0 unspecified atom stereocenters. The van der Waals surface area contributed by atoms with Gasteiger partial charge in [-0.25, -0.2) is 0 Å². The summed E-state index contributed by atoms with van der Waals surface area (Å²) in [6.07, 6.45) is 7.76. The monoisotopic (exact) mass is 251 g/mol. The van der Waals surface area contributed by atoms with Gasteiger partial charge in [0.2, 0.25) is 0 Å². The largest absolute Gasteiger partial charge is 0.307 e. The van der Waals surface area contributed by atoms with Crippen molar-refractivity contribution in [3.05, 3.63) is 17.0 Å². The fraction of sp³-hybridized carbons (Fsp3) is 0.769. The van der Waals surface area contributed by atoms with Crippen molar-refractivity contribution in [2.75, 3.05) is 11.5 Å². The molecule has 1 aromatic rings. The molecule has 1 saturated heterocycles. The number of aromatic nitrogens is 2. The van der Waals surface area contributed by atoms with E-state index in [9.17, 15) is 0 Å². The summed E-state index contributed by atoms with van der Waals surface area (Å²) in [4.78, 5) is 0. The highest BCUT2D eigenvalue weighted by atomic mass is 32.2. The molecule has 0 aromatic carbocycles. The average Bonchev–Trinajstić information content (AvgIpc) is 2.92. The van der Waals surface area contributed by atoms with Crippen LogP contribution in [0.4, 0.5) is 0 Å². The van der Waals surface area contributed by atoms with Crippen LogP contribution in [0.2, 0.25) is 0 Å². The quantitative estimate of drug-likeness (QED) is 0.810. The maximum atomic E-state index is 4.51. The highest BCUT2D eigenvalue weighted by Gasteiger charge is 2.18. The number of rotatable bonds is 3. The predicted molar refractivity (Wildman–Crippen MR) is 72.4 cm³/mol. The number of hydrogen-bond donors (Lipinski definition) is 2. The molecule has 1 aromatic heterocycles. The summed E-state index contributed by atoms with van der Waals surface area (Å²) in [5.41, 5.74) is 4.19. The van der Waals surface area contributed by atoms with Gasteiger partial charge in [0.1, 0.15) is 0 Å². The topological polar surface area (TPSA) is 40.7 Å². The second kappa shape index (κ2) is 5.44. The molecule has 94 valence electrons. The van der Waals surface area contributed by atoms with Gasteiger partial charge in [-0.3, -0.25) is 5.10 Å². The van der Waals surface area contributed by atoms with Crippen molar-refractivity contribution in [1.29, 1.82) is 0 Å². The lowest BCUT2D eigenvalue weighted by atomic mass is 10.1. The maximum Gasteiger partial charge on any atom is 0.0794 e. The molecule has 4 heteroatoms. The van der Waals surface area contributed by atoms with Crippen LogP contribution < -0.4 is 5.32 Å². The van der Waals surface area contributed by atoms with E-state index in [1.807, 2.05) is 0 Å². The van der Waals surface area contributed by atoms with Gasteiger partial charge in [-0.1, -0.05) is 6.42 Å². The van der Waals surface area contributed by atoms with Gasteiger partial charge in [0.25, 0.3) is 0 Å². The van der Waals surface area contributed by atoms with Gasteiger partial charge in [0, 0.05) is 24.0 Å². The highest BCUT2D eigenvalue weighted by molar-refractivity contribution is 7.99. The van der Waals surface area contributed by atoms with Crippen molar-refractivity contribution in [2.45, 2.75) is 51.1 Å². The molecule has 3 nitrogen and oxygen atoms in total. The Labute approximate surface area is 107 Å². The van der Waals surface area contributed by atoms with Gasteiger partial charge in [-0.05, 0) is 43.4 Å². The van der Waals surface area contributed by atoms with Crippen molar-refractivity contribution < 1.29 is 0 Å². The third kappa shape index (κ3) is 2.68. The molecule has 3 rings (SSSR count). The molecule has 1 fully saturated rings. The number of nitrogens with zero attached hydrogens (tertiary/aromatic N) is 1. The van der Waals surface area contributed by atoms with Crippen LogP contribution in [0, 0.1) is 0 Å². The van der Waals surface area contributed by atoms with E-state index in [0.29, 0.717) is 6.04 Å². The lowest BCUT2D eigenvalue weighted by Crippen LogP contribution is -2.28. The Bertz CT molecular complexity index is 369. The minimum absolute atomic E-state index is 0.707. The van der Waals surface area contributed by atoms with Crippen molar-refractivity contribution in [1.82, 2.24) is 15.5 Å². The van der Waals surface area contributed by atoms with E-state index >= 15 is 0 Å². The predicted octanol–water partition coefficient (Wildman–Crippen LogP) is 2.27. The van der Waals surface area contributed by atoms with Crippen molar-refractivity contribution in [3.8, 4) is 0 Å². The van der Waals surface area contributed by atoms with Gasteiger partial charge >= 0.3 is 0 Å². The van der Waals surface area contributed by atoms with Crippen LogP contribution >= 0.6 is 11.8 Å². The second-order valence-electron chi connectivity index (χ2n) is 5.13. The average molecular weight is 251 g/mol. The zero-order chi connectivity index (χ0) is 11.5. The van der Waals surface area contributed by atoms with E-state index in [2.05, 4.69) is 27.3 Å². The molecule has 1 aliphatic heterocycles. The molecule has 1 atom stereocenters. The zero-order valence-corrected chi connectivity index (χ0v) is 11.1. The number of aryl methyl sites for hydroxylation is 1. The smallest absolute Gasteiger partial charge is 0.0794 e. The Kier molecular flexibility index (Phi) is 3.71. The first-order valence-electron chi connectivity index (χ1n) is 6.79. The Morgan fingerprint density at radius 1 is 1.29 bits per heavy atom. The van der Waals surface area contributed by atoms with Crippen LogP contribution in [-0.4, -0.2) is 27.7 Å². The number of fused-ring (bicyclic) bond motifs is 1. The second-order valence-corrected chi connectivity index (χ2v) is 6.28. The van der Waals surface area contributed by atoms with E-state index in [1.165, 1.54) is 67.0 Å². The van der Waals surface area contributed by atoms with E-state index in [-0.39, 0.29) is 0 Å². The normalized spacial score (nSPS) is 24.6. The van der Waals surface area contributed by atoms with Crippen LogP contribution in [0.3, 0.4) is 0 Å². The van der Waals surface area contributed by atoms with E-state index in [1.54, 1.807) is 0 Å². The molecule has 0 saturated carbocycles. The Hall–Kier alpha value is -0.480. The van der Waals surface area contributed by atoms with Crippen molar-refractivity contribution in [3.63, 3.8) is 0 Å².